The number of rotatable bonds is 6. The van der Waals surface area contributed by atoms with Crippen LogP contribution in [-0.2, 0) is 21.2 Å². The third kappa shape index (κ3) is 4.23. The van der Waals surface area contributed by atoms with E-state index in [0.29, 0.717) is 12.1 Å². The number of alkyl halides is 3. The summed E-state index contributed by atoms with van der Waals surface area (Å²) in [6.07, 6.45) is -1.33. The van der Waals surface area contributed by atoms with Gasteiger partial charge in [-0.3, -0.25) is 0 Å². The highest BCUT2D eigenvalue weighted by Crippen LogP contribution is 2.34. The van der Waals surface area contributed by atoms with Crippen LogP contribution in [0, 0.1) is 6.92 Å². The van der Waals surface area contributed by atoms with Crippen molar-refractivity contribution in [3.05, 3.63) is 51.5 Å². The van der Waals surface area contributed by atoms with E-state index in [9.17, 15) is 31.2 Å². The number of carbonyl (C=O) groups is 1. The van der Waals surface area contributed by atoms with Gasteiger partial charge in [-0.25, -0.2) is 14.3 Å². The van der Waals surface area contributed by atoms with E-state index in [1.807, 2.05) is 13.8 Å². The fourth-order valence-electron chi connectivity index (χ4n) is 2.84. The Morgan fingerprint density at radius 3 is 2.43 bits per heavy atom. The Labute approximate surface area is 170 Å². The van der Waals surface area contributed by atoms with Crippen molar-refractivity contribution in [2.45, 2.75) is 45.2 Å². The lowest BCUT2D eigenvalue weighted by molar-refractivity contribution is -0.0438. The summed E-state index contributed by atoms with van der Waals surface area (Å²) in [5.41, 5.74) is -6.44. The molecule has 2 aromatic rings. The van der Waals surface area contributed by atoms with Crippen molar-refractivity contribution in [1.82, 2.24) is 4.74 Å². The van der Waals surface area contributed by atoms with E-state index in [4.69, 9.17) is 4.52 Å². The Kier molecular flexibility index (Phi) is 6.70. The van der Waals surface area contributed by atoms with Crippen LogP contribution in [0.5, 0.6) is 0 Å². The molecule has 30 heavy (non-hydrogen) atoms. The van der Waals surface area contributed by atoms with Gasteiger partial charge < -0.3 is 9.26 Å². The van der Waals surface area contributed by atoms with Gasteiger partial charge in [0.1, 0.15) is 0 Å². The highest BCUT2D eigenvalue weighted by molar-refractivity contribution is 7.94. The summed E-state index contributed by atoms with van der Waals surface area (Å²) in [5, 5.41) is 0. The number of benzene rings is 1. The first-order chi connectivity index (χ1) is 13.9. The second-order valence-electron chi connectivity index (χ2n) is 6.52. The van der Waals surface area contributed by atoms with E-state index >= 15 is 0 Å². The van der Waals surface area contributed by atoms with Crippen molar-refractivity contribution >= 4 is 21.8 Å². The molecule has 1 amide bonds. The summed E-state index contributed by atoms with van der Waals surface area (Å²) in [4.78, 5) is 24.3. The van der Waals surface area contributed by atoms with Crippen LogP contribution in [0.3, 0.4) is 0 Å². The first-order valence-corrected chi connectivity index (χ1v) is 10.3. The van der Waals surface area contributed by atoms with Crippen LogP contribution in [0.25, 0.3) is 0 Å². The van der Waals surface area contributed by atoms with E-state index in [1.54, 1.807) is 6.92 Å². The Hall–Kier alpha value is -2.76. The maximum absolute atomic E-state index is 13.2. The molecule has 1 atom stereocenters. The third-order valence-corrected chi connectivity index (χ3v) is 6.05. The monoisotopic (exact) mass is 450 g/mol. The molecule has 0 aliphatic rings. The Bertz CT molecular complexity index is 1090. The van der Waals surface area contributed by atoms with Crippen molar-refractivity contribution in [3.8, 4) is 0 Å². The molecule has 12 heteroatoms. The fourth-order valence-corrected chi connectivity index (χ4v) is 3.76. The number of methoxy groups -OCH3 is 1. The number of halogens is 3. The number of hydrogen-bond acceptors (Lipinski definition) is 6. The largest absolute Gasteiger partial charge is 0.517 e. The number of carbonyl (C=O) groups excluding carboxylic acids is 1. The van der Waals surface area contributed by atoms with Crippen LogP contribution in [0.2, 0.25) is 0 Å². The SMILES string of the molecule is CCC(C)n1oc(=O)c(Cc2ccccc2N(C(=O)OC)S(=O)(=O)C(F)(F)F)c1C. The van der Waals surface area contributed by atoms with Gasteiger partial charge >= 0.3 is 27.3 Å². The highest BCUT2D eigenvalue weighted by atomic mass is 32.2. The molecule has 1 aromatic carbocycles. The van der Waals surface area contributed by atoms with E-state index < -0.39 is 37.2 Å². The molecular formula is C18H21F3N2O6S. The molecule has 0 aliphatic heterocycles. The Morgan fingerprint density at radius 1 is 1.30 bits per heavy atom. The number of ether oxygens (including phenoxy) is 1. The lowest BCUT2D eigenvalue weighted by Crippen LogP contribution is -2.45. The van der Waals surface area contributed by atoms with Crippen LogP contribution in [0.1, 0.15) is 43.1 Å². The summed E-state index contributed by atoms with van der Waals surface area (Å²) >= 11 is 0. The van der Waals surface area contributed by atoms with E-state index in [-0.39, 0.29) is 23.6 Å². The number of amides is 1. The van der Waals surface area contributed by atoms with Crippen molar-refractivity contribution < 1.29 is 35.6 Å². The van der Waals surface area contributed by atoms with E-state index in [0.717, 1.165) is 13.2 Å². The molecule has 2 rings (SSSR count). The van der Waals surface area contributed by atoms with Crippen LogP contribution in [0.15, 0.2) is 33.6 Å². The molecule has 8 nitrogen and oxygen atoms in total. The van der Waals surface area contributed by atoms with Gasteiger partial charge in [0.15, 0.2) is 0 Å². The first kappa shape index (κ1) is 23.5. The van der Waals surface area contributed by atoms with Crippen molar-refractivity contribution in [2.24, 2.45) is 0 Å². The molecule has 0 saturated carbocycles. The number of sulfonamides is 1. The minimum absolute atomic E-state index is 0.00646. The smallest absolute Gasteiger partial charge is 0.452 e. The Balaban J connectivity index is 2.64. The zero-order chi connectivity index (χ0) is 22.9. The minimum atomic E-state index is -6.10. The van der Waals surface area contributed by atoms with Crippen molar-refractivity contribution in [2.75, 3.05) is 11.4 Å². The Morgan fingerprint density at radius 2 is 1.90 bits per heavy atom. The second kappa shape index (κ2) is 8.54. The normalized spacial score (nSPS) is 13.2. The lowest BCUT2D eigenvalue weighted by atomic mass is 10.0. The molecule has 0 radical (unpaired) electrons. The van der Waals surface area contributed by atoms with E-state index in [1.165, 1.54) is 22.9 Å². The van der Waals surface area contributed by atoms with Crippen molar-refractivity contribution in [1.29, 1.82) is 0 Å². The van der Waals surface area contributed by atoms with Crippen LogP contribution >= 0.6 is 0 Å². The maximum atomic E-state index is 13.2. The second-order valence-corrected chi connectivity index (χ2v) is 8.29. The number of nitrogens with zero attached hydrogens (tertiary/aromatic N) is 2. The summed E-state index contributed by atoms with van der Waals surface area (Å²) in [5.74, 6) is 0. The predicted octanol–water partition coefficient (Wildman–Crippen LogP) is 3.73. The van der Waals surface area contributed by atoms with E-state index in [2.05, 4.69) is 4.74 Å². The topological polar surface area (TPSA) is 98.8 Å². The number of anilines is 1. The quantitative estimate of drug-likeness (QED) is 0.665. The highest BCUT2D eigenvalue weighted by Gasteiger charge is 2.53. The van der Waals surface area contributed by atoms with Gasteiger partial charge in [-0.05, 0) is 31.9 Å². The zero-order valence-corrected chi connectivity index (χ0v) is 17.5. The third-order valence-electron chi connectivity index (χ3n) is 4.64. The van der Waals surface area contributed by atoms with Gasteiger partial charge in [0.2, 0.25) is 0 Å². The molecule has 0 spiro atoms. The van der Waals surface area contributed by atoms with Crippen LogP contribution in [-0.4, -0.2) is 31.9 Å². The summed E-state index contributed by atoms with van der Waals surface area (Å²) in [7, 11) is -5.34. The van der Waals surface area contributed by atoms with Gasteiger partial charge in [-0.1, -0.05) is 25.1 Å². The minimum Gasteiger partial charge on any atom is -0.452 e. The average Bonchev–Trinajstić information content (AvgIpc) is 2.95. The lowest BCUT2D eigenvalue weighted by Gasteiger charge is -2.24. The molecule has 0 aliphatic carbocycles. The number of hydrogen-bond donors (Lipinski definition) is 0. The van der Waals surface area contributed by atoms with Gasteiger partial charge in [-0.15, -0.1) is 0 Å². The molecule has 1 aromatic heterocycles. The molecule has 1 unspecified atom stereocenters. The predicted molar refractivity (Wildman–Crippen MR) is 102 cm³/mol. The van der Waals surface area contributed by atoms with Crippen LogP contribution < -0.4 is 9.93 Å². The molecule has 0 saturated heterocycles. The van der Waals surface area contributed by atoms with Crippen molar-refractivity contribution in [3.63, 3.8) is 0 Å². The number of aromatic nitrogens is 1. The maximum Gasteiger partial charge on any atom is 0.517 e. The standard InChI is InChI=1S/C18H21F3N2O6S/c1-5-11(2)22-12(3)14(16(24)29-22)10-13-8-6-7-9-15(13)23(17(25)28-4)30(26,27)18(19,20)21/h6-9,11H,5,10H2,1-4H3. The number of para-hydroxylation sites is 1. The van der Waals surface area contributed by atoms with Gasteiger partial charge in [0.05, 0.1) is 30.1 Å². The molecule has 0 N–H and O–H groups in total. The van der Waals surface area contributed by atoms with Crippen LogP contribution in [0.4, 0.5) is 23.7 Å². The molecule has 1 heterocycles. The molecular weight excluding hydrogens is 429 g/mol. The molecule has 0 fully saturated rings. The van der Waals surface area contributed by atoms with Gasteiger partial charge in [-0.2, -0.15) is 25.9 Å². The zero-order valence-electron chi connectivity index (χ0n) is 16.7. The van der Waals surface area contributed by atoms with Gasteiger partial charge in [0.25, 0.3) is 0 Å². The average molecular weight is 450 g/mol. The molecule has 0 bridgehead atoms. The summed E-state index contributed by atoms with van der Waals surface area (Å²) in [6, 6.07) is 4.91. The van der Waals surface area contributed by atoms with Gasteiger partial charge in [0, 0.05) is 6.42 Å². The summed E-state index contributed by atoms with van der Waals surface area (Å²) in [6.45, 7) is 5.32. The fraction of sp³-hybridized carbons (Fsp3) is 0.444. The summed E-state index contributed by atoms with van der Waals surface area (Å²) < 4.78 is 74.0. The first-order valence-electron chi connectivity index (χ1n) is 8.85. The molecule has 166 valence electrons.